The Bertz CT molecular complexity index is 414. The van der Waals surface area contributed by atoms with E-state index < -0.39 is 30.8 Å². The number of pyridine rings is 1. The van der Waals surface area contributed by atoms with E-state index in [1.807, 2.05) is 0 Å². The molecule has 0 fully saturated rings. The maximum absolute atomic E-state index is 12.2. The molecule has 16 heavy (non-hydrogen) atoms. The van der Waals surface area contributed by atoms with Crippen LogP contribution in [0.15, 0.2) is 23.1 Å². The maximum Gasteiger partial charge on any atom is 0.391 e. The second kappa shape index (κ2) is 4.56. The van der Waals surface area contributed by atoms with E-state index in [1.54, 1.807) is 0 Å². The lowest BCUT2D eigenvalue weighted by Crippen LogP contribution is -2.31. The van der Waals surface area contributed by atoms with E-state index in [-0.39, 0.29) is 5.69 Å². The standard InChI is InChI=1S/C9H11F3N2O2/c10-9(11,12)4-6(5-15)14-3-1-2-7(13)8(14)16/h1-3,6,15H,4-5,13H2. The summed E-state index contributed by atoms with van der Waals surface area (Å²) < 4.78 is 37.3. The molecule has 7 heteroatoms. The van der Waals surface area contributed by atoms with E-state index >= 15 is 0 Å². The lowest BCUT2D eigenvalue weighted by Gasteiger charge is -2.19. The molecule has 3 N–H and O–H groups in total. The van der Waals surface area contributed by atoms with Gasteiger partial charge in [0.15, 0.2) is 0 Å². The molecule has 1 heterocycles. The van der Waals surface area contributed by atoms with E-state index in [9.17, 15) is 18.0 Å². The number of anilines is 1. The maximum atomic E-state index is 12.2. The van der Waals surface area contributed by atoms with Crippen molar-refractivity contribution in [3.8, 4) is 0 Å². The number of aromatic nitrogens is 1. The fourth-order valence-corrected chi connectivity index (χ4v) is 1.33. The van der Waals surface area contributed by atoms with Crippen LogP contribution in [-0.4, -0.2) is 22.5 Å². The van der Waals surface area contributed by atoms with Crippen LogP contribution in [0.1, 0.15) is 12.5 Å². The van der Waals surface area contributed by atoms with Crippen molar-refractivity contribution in [1.82, 2.24) is 4.57 Å². The van der Waals surface area contributed by atoms with Gasteiger partial charge >= 0.3 is 6.18 Å². The SMILES string of the molecule is Nc1cccn(C(CO)CC(F)(F)F)c1=O. The van der Waals surface area contributed by atoms with Gasteiger partial charge in [-0.3, -0.25) is 4.79 Å². The van der Waals surface area contributed by atoms with Crippen molar-refractivity contribution in [2.75, 3.05) is 12.3 Å². The molecular formula is C9H11F3N2O2. The second-order valence-electron chi connectivity index (χ2n) is 3.33. The first kappa shape index (κ1) is 12.6. The Morgan fingerprint density at radius 3 is 2.62 bits per heavy atom. The monoisotopic (exact) mass is 236 g/mol. The van der Waals surface area contributed by atoms with Crippen LogP contribution in [0.3, 0.4) is 0 Å². The summed E-state index contributed by atoms with van der Waals surface area (Å²) >= 11 is 0. The Morgan fingerprint density at radius 2 is 2.12 bits per heavy atom. The lowest BCUT2D eigenvalue weighted by molar-refractivity contribution is -0.145. The van der Waals surface area contributed by atoms with Crippen molar-refractivity contribution in [3.05, 3.63) is 28.7 Å². The molecule has 0 radical (unpaired) electrons. The van der Waals surface area contributed by atoms with E-state index in [4.69, 9.17) is 10.8 Å². The van der Waals surface area contributed by atoms with Crippen LogP contribution in [-0.2, 0) is 0 Å². The summed E-state index contributed by atoms with van der Waals surface area (Å²) in [7, 11) is 0. The first-order chi connectivity index (χ1) is 7.35. The normalized spacial score (nSPS) is 13.8. The molecule has 1 aromatic heterocycles. The zero-order chi connectivity index (χ0) is 12.3. The fourth-order valence-electron chi connectivity index (χ4n) is 1.33. The Labute approximate surface area is 89.1 Å². The number of halogens is 3. The van der Waals surface area contributed by atoms with Gasteiger partial charge in [-0.15, -0.1) is 0 Å². The molecular weight excluding hydrogens is 225 g/mol. The van der Waals surface area contributed by atoms with Gasteiger partial charge in [0.2, 0.25) is 0 Å². The number of nitrogens with two attached hydrogens (primary N) is 1. The van der Waals surface area contributed by atoms with Crippen molar-refractivity contribution in [1.29, 1.82) is 0 Å². The Balaban J connectivity index is 3.05. The third kappa shape index (κ3) is 2.99. The average molecular weight is 236 g/mol. The Hall–Kier alpha value is -1.50. The number of nitrogen functional groups attached to an aromatic ring is 1. The number of aliphatic hydroxyl groups is 1. The van der Waals surface area contributed by atoms with Gasteiger partial charge in [0.05, 0.1) is 24.8 Å². The highest BCUT2D eigenvalue weighted by Crippen LogP contribution is 2.26. The number of rotatable bonds is 3. The summed E-state index contributed by atoms with van der Waals surface area (Å²) in [5, 5.41) is 8.86. The summed E-state index contributed by atoms with van der Waals surface area (Å²) in [6.07, 6.45) is -4.55. The summed E-state index contributed by atoms with van der Waals surface area (Å²) in [5.74, 6) is 0. The minimum Gasteiger partial charge on any atom is -0.394 e. The highest BCUT2D eigenvalue weighted by atomic mass is 19.4. The molecule has 0 spiro atoms. The average Bonchev–Trinajstić information content (AvgIpc) is 2.18. The van der Waals surface area contributed by atoms with Gasteiger partial charge in [-0.1, -0.05) is 0 Å². The summed E-state index contributed by atoms with van der Waals surface area (Å²) in [6, 6.07) is 1.31. The highest BCUT2D eigenvalue weighted by molar-refractivity contribution is 5.33. The second-order valence-corrected chi connectivity index (χ2v) is 3.33. The van der Waals surface area contributed by atoms with Crippen LogP contribution in [0.5, 0.6) is 0 Å². The minimum atomic E-state index is -4.45. The first-order valence-electron chi connectivity index (χ1n) is 4.49. The van der Waals surface area contributed by atoms with Gasteiger partial charge < -0.3 is 15.4 Å². The summed E-state index contributed by atoms with van der Waals surface area (Å²) in [5.41, 5.74) is 4.40. The molecule has 0 aliphatic carbocycles. The Kier molecular flexibility index (Phi) is 3.58. The number of hydrogen-bond donors (Lipinski definition) is 2. The summed E-state index contributed by atoms with van der Waals surface area (Å²) in [4.78, 5) is 11.4. The molecule has 0 saturated heterocycles. The van der Waals surface area contributed by atoms with Crippen LogP contribution in [0.4, 0.5) is 18.9 Å². The third-order valence-corrected chi connectivity index (χ3v) is 2.08. The van der Waals surface area contributed by atoms with Gasteiger partial charge in [0.1, 0.15) is 0 Å². The van der Waals surface area contributed by atoms with E-state index in [1.165, 1.54) is 18.3 Å². The highest BCUT2D eigenvalue weighted by Gasteiger charge is 2.32. The molecule has 0 amide bonds. The van der Waals surface area contributed by atoms with Crippen LogP contribution in [0.25, 0.3) is 0 Å². The molecule has 0 aliphatic rings. The van der Waals surface area contributed by atoms with Crippen molar-refractivity contribution in [3.63, 3.8) is 0 Å². The van der Waals surface area contributed by atoms with E-state index in [0.717, 1.165) is 4.57 Å². The Morgan fingerprint density at radius 1 is 1.50 bits per heavy atom. The molecule has 1 unspecified atom stereocenters. The molecule has 0 aliphatic heterocycles. The number of nitrogens with zero attached hydrogens (tertiary/aromatic N) is 1. The van der Waals surface area contributed by atoms with Crippen molar-refractivity contribution >= 4 is 5.69 Å². The van der Waals surface area contributed by atoms with Crippen molar-refractivity contribution < 1.29 is 18.3 Å². The molecule has 90 valence electrons. The largest absolute Gasteiger partial charge is 0.394 e. The van der Waals surface area contributed by atoms with E-state index in [0.29, 0.717) is 0 Å². The molecule has 1 rings (SSSR count). The third-order valence-electron chi connectivity index (χ3n) is 2.08. The lowest BCUT2D eigenvalue weighted by atomic mass is 10.2. The van der Waals surface area contributed by atoms with Crippen LogP contribution in [0, 0.1) is 0 Å². The molecule has 4 nitrogen and oxygen atoms in total. The predicted molar refractivity (Wildman–Crippen MR) is 51.9 cm³/mol. The smallest absolute Gasteiger partial charge is 0.391 e. The molecule has 0 aromatic carbocycles. The number of hydrogen-bond acceptors (Lipinski definition) is 3. The summed E-state index contributed by atoms with van der Waals surface area (Å²) in [6.45, 7) is -0.775. The zero-order valence-corrected chi connectivity index (χ0v) is 8.24. The molecule has 1 atom stereocenters. The quantitative estimate of drug-likeness (QED) is 0.819. The number of aliphatic hydroxyl groups excluding tert-OH is 1. The topological polar surface area (TPSA) is 68.2 Å². The van der Waals surface area contributed by atoms with Gasteiger partial charge in [0, 0.05) is 6.20 Å². The van der Waals surface area contributed by atoms with Crippen molar-refractivity contribution in [2.24, 2.45) is 0 Å². The predicted octanol–water partition coefficient (Wildman–Crippen LogP) is 0.916. The van der Waals surface area contributed by atoms with E-state index in [2.05, 4.69) is 0 Å². The number of alkyl halides is 3. The van der Waals surface area contributed by atoms with Crippen LogP contribution in [0.2, 0.25) is 0 Å². The molecule has 0 bridgehead atoms. The zero-order valence-electron chi connectivity index (χ0n) is 8.24. The van der Waals surface area contributed by atoms with Crippen molar-refractivity contribution in [2.45, 2.75) is 18.6 Å². The fraction of sp³-hybridized carbons (Fsp3) is 0.444. The first-order valence-corrected chi connectivity index (χ1v) is 4.49. The van der Waals surface area contributed by atoms with Crippen LogP contribution >= 0.6 is 0 Å². The van der Waals surface area contributed by atoms with Crippen LogP contribution < -0.4 is 11.3 Å². The molecule has 1 aromatic rings. The minimum absolute atomic E-state index is 0.150. The molecule has 0 saturated carbocycles. The van der Waals surface area contributed by atoms with Gasteiger partial charge in [-0.2, -0.15) is 13.2 Å². The van der Waals surface area contributed by atoms with Gasteiger partial charge in [-0.25, -0.2) is 0 Å². The van der Waals surface area contributed by atoms with Gasteiger partial charge in [0.25, 0.3) is 5.56 Å². The van der Waals surface area contributed by atoms with Gasteiger partial charge in [-0.05, 0) is 12.1 Å².